The number of carbonyl (C=O) groups is 1. The molecule has 1 N–H and O–H groups in total. The highest BCUT2D eigenvalue weighted by molar-refractivity contribution is 7.90. The largest absolute Gasteiger partial charge is 0.383 e. The molecule has 1 aromatic heterocycles. The first-order valence-electron chi connectivity index (χ1n) is 8.79. The van der Waals surface area contributed by atoms with Crippen molar-refractivity contribution in [2.24, 2.45) is 0 Å². The second kappa shape index (κ2) is 7.37. The third-order valence-electron chi connectivity index (χ3n) is 4.59. The molecule has 0 atom stereocenters. The molecule has 144 valence electrons. The molecular formula is C20H19N3O3S2. The Morgan fingerprint density at radius 2 is 2.00 bits per heavy atom. The predicted molar refractivity (Wildman–Crippen MR) is 111 cm³/mol. The van der Waals surface area contributed by atoms with Gasteiger partial charge in [0.1, 0.15) is 0 Å². The number of fused-ring (bicyclic) bond motifs is 1. The van der Waals surface area contributed by atoms with Crippen LogP contribution < -0.4 is 10.2 Å². The van der Waals surface area contributed by atoms with Gasteiger partial charge in [-0.1, -0.05) is 41.7 Å². The summed E-state index contributed by atoms with van der Waals surface area (Å²) in [5.41, 5.74) is 2.65. The number of rotatable bonds is 4. The van der Waals surface area contributed by atoms with Crippen molar-refractivity contribution in [2.45, 2.75) is 11.4 Å². The highest BCUT2D eigenvalue weighted by atomic mass is 32.2. The molecule has 8 heteroatoms. The predicted octanol–water partition coefficient (Wildman–Crippen LogP) is 3.21. The van der Waals surface area contributed by atoms with Crippen LogP contribution in [0.15, 0.2) is 59.6 Å². The number of nitrogens with zero attached hydrogens (tertiary/aromatic N) is 2. The van der Waals surface area contributed by atoms with E-state index < -0.39 is 9.84 Å². The fourth-order valence-electron chi connectivity index (χ4n) is 3.13. The molecule has 0 bridgehead atoms. The first kappa shape index (κ1) is 18.6. The van der Waals surface area contributed by atoms with E-state index in [1.807, 2.05) is 12.1 Å². The molecule has 0 aliphatic carbocycles. The fraction of sp³-hybridized carbons (Fsp3) is 0.200. The van der Waals surface area contributed by atoms with Gasteiger partial charge in [0.25, 0.3) is 0 Å². The van der Waals surface area contributed by atoms with Crippen LogP contribution in [-0.2, 0) is 16.4 Å². The van der Waals surface area contributed by atoms with Crippen LogP contribution in [0, 0.1) is 0 Å². The molecule has 0 unspecified atom stereocenters. The van der Waals surface area contributed by atoms with Gasteiger partial charge in [-0.2, -0.15) is 0 Å². The molecule has 0 saturated carbocycles. The highest BCUT2D eigenvalue weighted by Crippen LogP contribution is 2.29. The van der Waals surface area contributed by atoms with Crippen molar-refractivity contribution in [2.75, 3.05) is 29.6 Å². The van der Waals surface area contributed by atoms with Gasteiger partial charge >= 0.3 is 0 Å². The number of hydrogen-bond acceptors (Lipinski definition) is 7. The number of carbonyl (C=O) groups excluding carboxylic acids is 1. The van der Waals surface area contributed by atoms with E-state index in [0.29, 0.717) is 17.0 Å². The Bertz CT molecular complexity index is 1140. The van der Waals surface area contributed by atoms with Crippen LogP contribution in [0.4, 0.5) is 10.8 Å². The Kier molecular flexibility index (Phi) is 4.91. The number of aromatic nitrogens is 1. The van der Waals surface area contributed by atoms with Crippen molar-refractivity contribution in [3.8, 4) is 0 Å². The van der Waals surface area contributed by atoms with E-state index in [1.165, 1.54) is 29.0 Å². The lowest BCUT2D eigenvalue weighted by Crippen LogP contribution is -2.25. The molecule has 0 radical (unpaired) electrons. The molecule has 4 rings (SSSR count). The average Bonchev–Trinajstić information content (AvgIpc) is 3.07. The Morgan fingerprint density at radius 3 is 2.82 bits per heavy atom. The standard InChI is InChI=1S/C20H19N3O3S2/c1-28(25,26)16-7-4-6-14(11-16)19(24)18-12-22-20(27-18)23-10-9-21-17-8-3-2-5-15(17)13-23/h2-8,11-12,21H,9-10,13H2,1H3. The summed E-state index contributed by atoms with van der Waals surface area (Å²) in [5.74, 6) is -0.220. The maximum atomic E-state index is 12.8. The average molecular weight is 414 g/mol. The molecule has 1 aliphatic heterocycles. The third-order valence-corrected chi connectivity index (χ3v) is 6.76. The van der Waals surface area contributed by atoms with E-state index in [0.717, 1.165) is 30.2 Å². The first-order valence-corrected chi connectivity index (χ1v) is 11.5. The lowest BCUT2D eigenvalue weighted by molar-refractivity contribution is 0.104. The molecule has 0 fully saturated rings. The lowest BCUT2D eigenvalue weighted by Gasteiger charge is -2.18. The Morgan fingerprint density at radius 1 is 1.18 bits per heavy atom. The summed E-state index contributed by atoms with van der Waals surface area (Å²) in [4.78, 5) is 20.1. The van der Waals surface area contributed by atoms with Crippen LogP contribution in [0.3, 0.4) is 0 Å². The quantitative estimate of drug-likeness (QED) is 0.662. The number of anilines is 2. The number of benzene rings is 2. The smallest absolute Gasteiger partial charge is 0.204 e. The van der Waals surface area contributed by atoms with Crippen molar-refractivity contribution < 1.29 is 13.2 Å². The normalized spacial score (nSPS) is 14.1. The van der Waals surface area contributed by atoms with Gasteiger partial charge in [0.2, 0.25) is 5.78 Å². The van der Waals surface area contributed by atoms with E-state index in [4.69, 9.17) is 0 Å². The van der Waals surface area contributed by atoms with Crippen LogP contribution in [0.1, 0.15) is 20.8 Å². The molecule has 3 aromatic rings. The lowest BCUT2D eigenvalue weighted by atomic mass is 10.1. The Hall–Kier alpha value is -2.71. The van der Waals surface area contributed by atoms with Gasteiger partial charge < -0.3 is 10.2 Å². The van der Waals surface area contributed by atoms with Gasteiger partial charge in [0, 0.05) is 37.1 Å². The second-order valence-electron chi connectivity index (χ2n) is 6.64. The molecular weight excluding hydrogens is 394 g/mol. The SMILES string of the molecule is CS(=O)(=O)c1cccc(C(=O)c2cnc(N3CCNc4ccccc4C3)s2)c1. The van der Waals surface area contributed by atoms with Crippen LogP contribution in [-0.4, -0.2) is 38.5 Å². The molecule has 28 heavy (non-hydrogen) atoms. The molecule has 2 aromatic carbocycles. The monoisotopic (exact) mass is 413 g/mol. The van der Waals surface area contributed by atoms with Crippen molar-refractivity contribution in [1.82, 2.24) is 4.98 Å². The van der Waals surface area contributed by atoms with Crippen LogP contribution in [0.5, 0.6) is 0 Å². The Labute approximate surface area is 167 Å². The Balaban J connectivity index is 1.59. The maximum Gasteiger partial charge on any atom is 0.204 e. The van der Waals surface area contributed by atoms with Crippen LogP contribution >= 0.6 is 11.3 Å². The minimum atomic E-state index is -3.37. The van der Waals surface area contributed by atoms with E-state index in [9.17, 15) is 13.2 Å². The van der Waals surface area contributed by atoms with Crippen molar-refractivity contribution in [3.05, 3.63) is 70.7 Å². The van der Waals surface area contributed by atoms with Gasteiger partial charge in [-0.05, 0) is 23.8 Å². The van der Waals surface area contributed by atoms with E-state index in [1.54, 1.807) is 18.3 Å². The second-order valence-corrected chi connectivity index (χ2v) is 9.67. The summed E-state index contributed by atoms with van der Waals surface area (Å²) in [5, 5.41) is 4.19. The fourth-order valence-corrected chi connectivity index (χ4v) is 4.70. The topological polar surface area (TPSA) is 79.4 Å². The minimum Gasteiger partial charge on any atom is -0.383 e. The van der Waals surface area contributed by atoms with Crippen LogP contribution in [0.25, 0.3) is 0 Å². The summed E-state index contributed by atoms with van der Waals surface area (Å²) in [6, 6.07) is 14.3. The van der Waals surface area contributed by atoms with E-state index in [-0.39, 0.29) is 10.7 Å². The number of para-hydroxylation sites is 1. The van der Waals surface area contributed by atoms with Crippen molar-refractivity contribution in [3.63, 3.8) is 0 Å². The van der Waals surface area contributed by atoms with Gasteiger partial charge in [-0.25, -0.2) is 13.4 Å². The number of nitrogens with one attached hydrogen (secondary N) is 1. The van der Waals surface area contributed by atoms with Crippen LogP contribution in [0.2, 0.25) is 0 Å². The van der Waals surface area contributed by atoms with Gasteiger partial charge in [-0.3, -0.25) is 4.79 Å². The summed E-state index contributed by atoms with van der Waals surface area (Å²) >= 11 is 1.33. The number of thiazole rings is 1. The zero-order valence-corrected chi connectivity index (χ0v) is 16.9. The number of ketones is 1. The summed E-state index contributed by atoms with van der Waals surface area (Å²) < 4.78 is 23.5. The highest BCUT2D eigenvalue weighted by Gasteiger charge is 2.20. The number of hydrogen-bond donors (Lipinski definition) is 1. The molecule has 0 amide bonds. The van der Waals surface area contributed by atoms with Crippen molar-refractivity contribution >= 4 is 37.8 Å². The summed E-state index contributed by atoms with van der Waals surface area (Å²) in [7, 11) is -3.37. The maximum absolute atomic E-state index is 12.8. The zero-order chi connectivity index (χ0) is 19.7. The van der Waals surface area contributed by atoms with E-state index >= 15 is 0 Å². The zero-order valence-electron chi connectivity index (χ0n) is 15.3. The van der Waals surface area contributed by atoms with Gasteiger partial charge in [0.15, 0.2) is 15.0 Å². The minimum absolute atomic E-state index is 0.137. The third kappa shape index (κ3) is 3.79. The van der Waals surface area contributed by atoms with Gasteiger partial charge in [-0.15, -0.1) is 0 Å². The molecule has 0 saturated heterocycles. The summed E-state index contributed by atoms with van der Waals surface area (Å²) in [6.07, 6.45) is 2.70. The molecule has 2 heterocycles. The van der Waals surface area contributed by atoms with Crippen molar-refractivity contribution in [1.29, 1.82) is 0 Å². The molecule has 1 aliphatic rings. The molecule has 6 nitrogen and oxygen atoms in total. The van der Waals surface area contributed by atoms with E-state index in [2.05, 4.69) is 27.3 Å². The van der Waals surface area contributed by atoms with Gasteiger partial charge in [0.05, 0.1) is 16.0 Å². The summed E-state index contributed by atoms with van der Waals surface area (Å²) in [6.45, 7) is 2.28. The number of sulfone groups is 1. The first-order chi connectivity index (χ1) is 13.4. The molecule has 0 spiro atoms.